The van der Waals surface area contributed by atoms with Crippen LogP contribution in [-0.2, 0) is 0 Å². The lowest BCUT2D eigenvalue weighted by Crippen LogP contribution is -2.39. The van der Waals surface area contributed by atoms with E-state index in [0.717, 1.165) is 12.5 Å². The second kappa shape index (κ2) is 5.30. The zero-order valence-corrected chi connectivity index (χ0v) is 11.1. The summed E-state index contributed by atoms with van der Waals surface area (Å²) >= 11 is 1.89. The van der Waals surface area contributed by atoms with Gasteiger partial charge in [0.25, 0.3) is 0 Å². The molecule has 1 fully saturated rings. The van der Waals surface area contributed by atoms with Gasteiger partial charge in [0.2, 0.25) is 0 Å². The molecule has 1 saturated heterocycles. The molecule has 2 nitrogen and oxygen atoms in total. The Morgan fingerprint density at radius 1 is 1.44 bits per heavy atom. The molecular weight excluding hydrogens is 216 g/mol. The summed E-state index contributed by atoms with van der Waals surface area (Å²) in [6.07, 6.45) is 2.64. The average Bonchev–Trinajstić information content (AvgIpc) is 2.69. The highest BCUT2D eigenvalue weighted by Crippen LogP contribution is 2.30. The van der Waals surface area contributed by atoms with Crippen LogP contribution in [0.1, 0.15) is 35.6 Å². The number of aryl methyl sites for hydroxylation is 1. The summed E-state index contributed by atoms with van der Waals surface area (Å²) in [5.74, 6) is 0.889. The average molecular weight is 238 g/mol. The van der Waals surface area contributed by atoms with Crippen molar-refractivity contribution in [3.05, 3.63) is 21.9 Å². The quantitative estimate of drug-likeness (QED) is 0.877. The van der Waals surface area contributed by atoms with Crippen molar-refractivity contribution >= 4 is 11.3 Å². The summed E-state index contributed by atoms with van der Waals surface area (Å²) in [5.41, 5.74) is 5.94. The summed E-state index contributed by atoms with van der Waals surface area (Å²) in [4.78, 5) is 5.39. The molecule has 1 aliphatic heterocycles. The van der Waals surface area contributed by atoms with Crippen LogP contribution in [0.25, 0.3) is 0 Å². The Balaban J connectivity index is 2.05. The molecule has 0 amide bonds. The van der Waals surface area contributed by atoms with Crippen molar-refractivity contribution < 1.29 is 0 Å². The first-order chi connectivity index (χ1) is 7.70. The normalized spacial score (nSPS) is 21.2. The van der Waals surface area contributed by atoms with E-state index in [0.29, 0.717) is 6.04 Å². The minimum atomic E-state index is 0.450. The highest BCUT2D eigenvalue weighted by Gasteiger charge is 2.24. The molecule has 0 radical (unpaired) electrons. The highest BCUT2D eigenvalue weighted by molar-refractivity contribution is 7.12. The monoisotopic (exact) mass is 238 g/mol. The minimum absolute atomic E-state index is 0.450. The fourth-order valence-electron chi connectivity index (χ4n) is 2.42. The first kappa shape index (κ1) is 12.1. The maximum atomic E-state index is 5.94. The summed E-state index contributed by atoms with van der Waals surface area (Å²) in [6, 6.07) is 4.90. The zero-order valence-electron chi connectivity index (χ0n) is 10.3. The standard InChI is InChI=1S/C13H22N2S/c1-10-5-7-15(8-6-10)12(9-14)13-4-3-11(2)16-13/h3-4,10,12H,5-9,14H2,1-2H3. The number of thiophene rings is 1. The third-order valence-electron chi connectivity index (χ3n) is 3.57. The molecule has 1 aliphatic rings. The minimum Gasteiger partial charge on any atom is -0.329 e. The molecular formula is C13H22N2S. The second-order valence-electron chi connectivity index (χ2n) is 4.92. The SMILES string of the molecule is Cc1ccc(C(CN)N2CCC(C)CC2)s1. The third-order valence-corrected chi connectivity index (χ3v) is 4.67. The van der Waals surface area contributed by atoms with E-state index in [1.165, 1.54) is 35.7 Å². The fraction of sp³-hybridized carbons (Fsp3) is 0.692. The van der Waals surface area contributed by atoms with Gasteiger partial charge in [-0.3, -0.25) is 4.90 Å². The fourth-order valence-corrected chi connectivity index (χ4v) is 3.44. The van der Waals surface area contributed by atoms with E-state index in [2.05, 4.69) is 30.9 Å². The predicted octanol–water partition coefficient (Wildman–Crippen LogP) is 2.79. The smallest absolute Gasteiger partial charge is 0.0564 e. The Labute approximate surface area is 102 Å². The molecule has 1 unspecified atom stereocenters. The van der Waals surface area contributed by atoms with Crippen molar-refractivity contribution in [3.8, 4) is 0 Å². The van der Waals surface area contributed by atoms with Gasteiger partial charge in [-0.15, -0.1) is 11.3 Å². The number of hydrogen-bond acceptors (Lipinski definition) is 3. The number of rotatable bonds is 3. The predicted molar refractivity (Wildman–Crippen MR) is 70.8 cm³/mol. The van der Waals surface area contributed by atoms with E-state index < -0.39 is 0 Å². The van der Waals surface area contributed by atoms with Crippen LogP contribution < -0.4 is 5.73 Å². The van der Waals surface area contributed by atoms with Gasteiger partial charge < -0.3 is 5.73 Å². The van der Waals surface area contributed by atoms with Crippen molar-refractivity contribution in [3.63, 3.8) is 0 Å². The highest BCUT2D eigenvalue weighted by atomic mass is 32.1. The van der Waals surface area contributed by atoms with E-state index >= 15 is 0 Å². The summed E-state index contributed by atoms with van der Waals surface area (Å²) < 4.78 is 0. The maximum absolute atomic E-state index is 5.94. The number of piperidine rings is 1. The molecule has 16 heavy (non-hydrogen) atoms. The summed E-state index contributed by atoms with van der Waals surface area (Å²) in [6.45, 7) is 7.68. The van der Waals surface area contributed by atoms with E-state index in [1.807, 2.05) is 11.3 Å². The summed E-state index contributed by atoms with van der Waals surface area (Å²) in [5, 5.41) is 0. The Bertz CT molecular complexity index is 326. The third kappa shape index (κ3) is 2.65. The van der Waals surface area contributed by atoms with Crippen molar-refractivity contribution in [2.24, 2.45) is 11.7 Å². The first-order valence-electron chi connectivity index (χ1n) is 6.21. The van der Waals surface area contributed by atoms with Gasteiger partial charge in [-0.1, -0.05) is 6.92 Å². The molecule has 2 N–H and O–H groups in total. The van der Waals surface area contributed by atoms with Crippen LogP contribution >= 0.6 is 11.3 Å². The van der Waals surface area contributed by atoms with Gasteiger partial charge in [-0.05, 0) is 50.9 Å². The topological polar surface area (TPSA) is 29.3 Å². The number of nitrogens with two attached hydrogens (primary N) is 1. The van der Waals surface area contributed by atoms with Gasteiger partial charge in [0.15, 0.2) is 0 Å². The molecule has 0 bridgehead atoms. The van der Waals surface area contributed by atoms with Gasteiger partial charge in [-0.25, -0.2) is 0 Å². The zero-order chi connectivity index (χ0) is 11.5. The van der Waals surface area contributed by atoms with Crippen molar-refractivity contribution in [2.75, 3.05) is 19.6 Å². The lowest BCUT2D eigenvalue weighted by Gasteiger charge is -2.35. The Morgan fingerprint density at radius 2 is 2.12 bits per heavy atom. The Morgan fingerprint density at radius 3 is 2.62 bits per heavy atom. The second-order valence-corrected chi connectivity index (χ2v) is 6.24. The van der Waals surface area contributed by atoms with Crippen LogP contribution in [0.2, 0.25) is 0 Å². The van der Waals surface area contributed by atoms with Crippen molar-refractivity contribution in [1.29, 1.82) is 0 Å². The van der Waals surface area contributed by atoms with Crippen molar-refractivity contribution in [2.45, 2.75) is 32.7 Å². The number of nitrogens with zero attached hydrogens (tertiary/aromatic N) is 1. The molecule has 1 aromatic rings. The van der Waals surface area contributed by atoms with Crippen LogP contribution in [0, 0.1) is 12.8 Å². The van der Waals surface area contributed by atoms with Crippen molar-refractivity contribution in [1.82, 2.24) is 4.90 Å². The van der Waals surface area contributed by atoms with Gasteiger partial charge in [0.05, 0.1) is 6.04 Å². The first-order valence-corrected chi connectivity index (χ1v) is 7.03. The van der Waals surface area contributed by atoms with Gasteiger partial charge >= 0.3 is 0 Å². The molecule has 0 aliphatic carbocycles. The van der Waals surface area contributed by atoms with Gasteiger partial charge in [0.1, 0.15) is 0 Å². The lowest BCUT2D eigenvalue weighted by atomic mass is 9.97. The molecule has 2 rings (SSSR count). The maximum Gasteiger partial charge on any atom is 0.0564 e. The van der Waals surface area contributed by atoms with Crippen LogP contribution in [-0.4, -0.2) is 24.5 Å². The van der Waals surface area contributed by atoms with Gasteiger partial charge in [-0.2, -0.15) is 0 Å². The van der Waals surface area contributed by atoms with E-state index in [9.17, 15) is 0 Å². The van der Waals surface area contributed by atoms with Crippen LogP contribution in [0.15, 0.2) is 12.1 Å². The lowest BCUT2D eigenvalue weighted by molar-refractivity contribution is 0.143. The molecule has 1 aromatic heterocycles. The molecule has 1 atom stereocenters. The molecule has 0 saturated carbocycles. The van der Waals surface area contributed by atoms with E-state index in [-0.39, 0.29) is 0 Å². The molecule has 0 aromatic carbocycles. The molecule has 90 valence electrons. The molecule has 0 spiro atoms. The Hall–Kier alpha value is -0.380. The number of likely N-dealkylation sites (tertiary alicyclic amines) is 1. The van der Waals surface area contributed by atoms with Crippen LogP contribution in [0.5, 0.6) is 0 Å². The largest absolute Gasteiger partial charge is 0.329 e. The van der Waals surface area contributed by atoms with Crippen LogP contribution in [0.4, 0.5) is 0 Å². The molecule has 2 heterocycles. The van der Waals surface area contributed by atoms with Crippen LogP contribution in [0.3, 0.4) is 0 Å². The van der Waals surface area contributed by atoms with Gasteiger partial charge in [0, 0.05) is 16.3 Å². The Kier molecular flexibility index (Phi) is 4.00. The van der Waals surface area contributed by atoms with E-state index in [1.54, 1.807) is 0 Å². The number of hydrogen-bond donors (Lipinski definition) is 1. The van der Waals surface area contributed by atoms with E-state index in [4.69, 9.17) is 5.73 Å². The summed E-state index contributed by atoms with van der Waals surface area (Å²) in [7, 11) is 0. The molecule has 3 heteroatoms.